The molecular weight excluding hydrogens is 194 g/mol. The molecule has 2 rings (SSSR count). The Morgan fingerprint density at radius 2 is 1.94 bits per heavy atom. The van der Waals surface area contributed by atoms with Gasteiger partial charge in [-0.15, -0.1) is 0 Å². The van der Waals surface area contributed by atoms with Crippen molar-refractivity contribution in [2.24, 2.45) is 5.41 Å². The van der Waals surface area contributed by atoms with E-state index in [1.807, 2.05) is 0 Å². The average Bonchev–Trinajstić information content (AvgIpc) is 3.08. The fourth-order valence-corrected chi connectivity index (χ4v) is 2.50. The molecule has 1 aromatic rings. The van der Waals surface area contributed by atoms with Crippen LogP contribution in [0.1, 0.15) is 38.7 Å². The Balaban J connectivity index is 1.93. The van der Waals surface area contributed by atoms with Crippen molar-refractivity contribution in [1.82, 2.24) is 5.32 Å². The standard InChI is InChI=1S/C15H23N/c1-3-11-16-13(2)15(9-10-15)12-14-7-5-4-6-8-14/h4-8,13,16H,3,9-12H2,1-2H3. The summed E-state index contributed by atoms with van der Waals surface area (Å²) in [6.07, 6.45) is 5.25. The van der Waals surface area contributed by atoms with Crippen LogP contribution in [0, 0.1) is 5.41 Å². The highest BCUT2D eigenvalue weighted by Crippen LogP contribution is 2.51. The van der Waals surface area contributed by atoms with E-state index in [0.717, 1.165) is 6.54 Å². The smallest absolute Gasteiger partial charge is 0.00983 e. The van der Waals surface area contributed by atoms with Crippen LogP contribution in [0.5, 0.6) is 0 Å². The molecule has 1 aliphatic rings. The van der Waals surface area contributed by atoms with E-state index in [-0.39, 0.29) is 0 Å². The Labute approximate surface area is 99.3 Å². The summed E-state index contributed by atoms with van der Waals surface area (Å²) < 4.78 is 0. The second-order valence-electron chi connectivity index (χ2n) is 5.20. The lowest BCUT2D eigenvalue weighted by atomic mass is 9.90. The van der Waals surface area contributed by atoms with E-state index in [1.165, 1.54) is 31.2 Å². The van der Waals surface area contributed by atoms with E-state index in [2.05, 4.69) is 49.5 Å². The highest BCUT2D eigenvalue weighted by molar-refractivity contribution is 5.19. The van der Waals surface area contributed by atoms with Gasteiger partial charge in [0.1, 0.15) is 0 Å². The van der Waals surface area contributed by atoms with Crippen LogP contribution in [-0.2, 0) is 6.42 Å². The van der Waals surface area contributed by atoms with Gasteiger partial charge in [0.2, 0.25) is 0 Å². The molecule has 0 aromatic heterocycles. The summed E-state index contributed by atoms with van der Waals surface area (Å²) >= 11 is 0. The van der Waals surface area contributed by atoms with Crippen LogP contribution in [0.4, 0.5) is 0 Å². The van der Waals surface area contributed by atoms with Crippen LogP contribution in [0.25, 0.3) is 0 Å². The molecule has 1 N–H and O–H groups in total. The Morgan fingerprint density at radius 1 is 1.25 bits per heavy atom. The van der Waals surface area contributed by atoms with Crippen LogP contribution in [0.15, 0.2) is 30.3 Å². The first-order valence-corrected chi connectivity index (χ1v) is 6.54. The van der Waals surface area contributed by atoms with E-state index in [1.54, 1.807) is 0 Å². The zero-order valence-electron chi connectivity index (χ0n) is 10.5. The molecule has 0 amide bonds. The number of rotatable bonds is 6. The van der Waals surface area contributed by atoms with Crippen LogP contribution in [0.2, 0.25) is 0 Å². The molecule has 88 valence electrons. The average molecular weight is 217 g/mol. The summed E-state index contributed by atoms with van der Waals surface area (Å²) in [7, 11) is 0. The largest absolute Gasteiger partial charge is 0.314 e. The van der Waals surface area contributed by atoms with E-state index in [4.69, 9.17) is 0 Å². The lowest BCUT2D eigenvalue weighted by Gasteiger charge is -2.24. The third-order valence-electron chi connectivity index (χ3n) is 3.91. The van der Waals surface area contributed by atoms with E-state index in [9.17, 15) is 0 Å². The van der Waals surface area contributed by atoms with Gasteiger partial charge in [-0.25, -0.2) is 0 Å². The molecule has 0 bridgehead atoms. The van der Waals surface area contributed by atoms with Crippen LogP contribution < -0.4 is 5.32 Å². The van der Waals surface area contributed by atoms with Gasteiger partial charge in [-0.2, -0.15) is 0 Å². The zero-order valence-corrected chi connectivity index (χ0v) is 10.5. The molecule has 1 atom stereocenters. The van der Waals surface area contributed by atoms with Crippen LogP contribution >= 0.6 is 0 Å². The predicted molar refractivity (Wildman–Crippen MR) is 69.6 cm³/mol. The summed E-state index contributed by atoms with van der Waals surface area (Å²) in [5.74, 6) is 0. The van der Waals surface area contributed by atoms with Crippen molar-refractivity contribution >= 4 is 0 Å². The highest BCUT2D eigenvalue weighted by atomic mass is 14.9. The third-order valence-corrected chi connectivity index (χ3v) is 3.91. The Kier molecular flexibility index (Phi) is 3.65. The SMILES string of the molecule is CCCNC(C)C1(Cc2ccccc2)CC1. The Bertz CT molecular complexity index is 313. The van der Waals surface area contributed by atoms with Crippen LogP contribution in [0.3, 0.4) is 0 Å². The minimum absolute atomic E-state index is 0.552. The zero-order chi connectivity index (χ0) is 11.4. The Hall–Kier alpha value is -0.820. The summed E-state index contributed by atoms with van der Waals surface area (Å²) in [5.41, 5.74) is 2.04. The summed E-state index contributed by atoms with van der Waals surface area (Å²) in [6.45, 7) is 5.74. The molecule has 1 fully saturated rings. The second kappa shape index (κ2) is 5.01. The van der Waals surface area contributed by atoms with Gasteiger partial charge in [-0.3, -0.25) is 0 Å². The molecule has 0 radical (unpaired) electrons. The summed E-state index contributed by atoms with van der Waals surface area (Å²) in [6, 6.07) is 11.6. The monoisotopic (exact) mass is 217 g/mol. The molecule has 1 heteroatoms. The van der Waals surface area contributed by atoms with Gasteiger partial charge in [0.05, 0.1) is 0 Å². The number of hydrogen-bond acceptors (Lipinski definition) is 1. The molecule has 0 aliphatic heterocycles. The summed E-state index contributed by atoms with van der Waals surface area (Å²) in [4.78, 5) is 0. The van der Waals surface area contributed by atoms with E-state index >= 15 is 0 Å². The van der Waals surface area contributed by atoms with Crippen molar-refractivity contribution < 1.29 is 0 Å². The minimum atomic E-state index is 0.552. The number of hydrogen-bond donors (Lipinski definition) is 1. The van der Waals surface area contributed by atoms with Crippen molar-refractivity contribution in [2.75, 3.05) is 6.54 Å². The van der Waals surface area contributed by atoms with Gasteiger partial charge >= 0.3 is 0 Å². The van der Waals surface area contributed by atoms with Crippen molar-refractivity contribution in [3.63, 3.8) is 0 Å². The first-order valence-electron chi connectivity index (χ1n) is 6.54. The first kappa shape index (κ1) is 11.7. The lowest BCUT2D eigenvalue weighted by molar-refractivity contribution is 0.350. The molecule has 1 nitrogen and oxygen atoms in total. The van der Waals surface area contributed by atoms with Crippen LogP contribution in [-0.4, -0.2) is 12.6 Å². The molecule has 1 unspecified atom stereocenters. The molecule has 16 heavy (non-hydrogen) atoms. The first-order chi connectivity index (χ1) is 7.77. The van der Waals surface area contributed by atoms with Gasteiger partial charge in [-0.1, -0.05) is 37.3 Å². The lowest BCUT2D eigenvalue weighted by Crippen LogP contribution is -2.36. The molecular formula is C15H23N. The quantitative estimate of drug-likeness (QED) is 0.770. The second-order valence-corrected chi connectivity index (χ2v) is 5.20. The number of nitrogens with one attached hydrogen (secondary N) is 1. The van der Waals surface area contributed by atoms with Gasteiger partial charge in [-0.05, 0) is 50.1 Å². The predicted octanol–water partition coefficient (Wildman–Crippen LogP) is 3.40. The molecule has 1 aromatic carbocycles. The van der Waals surface area contributed by atoms with Gasteiger partial charge in [0.15, 0.2) is 0 Å². The van der Waals surface area contributed by atoms with Crippen molar-refractivity contribution in [3.05, 3.63) is 35.9 Å². The Morgan fingerprint density at radius 3 is 2.50 bits per heavy atom. The molecule has 0 spiro atoms. The maximum Gasteiger partial charge on any atom is 0.00983 e. The van der Waals surface area contributed by atoms with Gasteiger partial charge < -0.3 is 5.32 Å². The molecule has 1 saturated carbocycles. The normalized spacial score (nSPS) is 19.4. The molecule has 1 aliphatic carbocycles. The molecule has 0 heterocycles. The van der Waals surface area contributed by atoms with Gasteiger partial charge in [0, 0.05) is 6.04 Å². The van der Waals surface area contributed by atoms with E-state index in [0.29, 0.717) is 11.5 Å². The maximum atomic E-state index is 3.66. The fourth-order valence-electron chi connectivity index (χ4n) is 2.50. The minimum Gasteiger partial charge on any atom is -0.314 e. The van der Waals surface area contributed by atoms with Crippen molar-refractivity contribution in [1.29, 1.82) is 0 Å². The fraction of sp³-hybridized carbons (Fsp3) is 0.600. The topological polar surface area (TPSA) is 12.0 Å². The maximum absolute atomic E-state index is 3.66. The summed E-state index contributed by atoms with van der Waals surface area (Å²) in [5, 5.41) is 3.66. The van der Waals surface area contributed by atoms with Crippen molar-refractivity contribution in [3.8, 4) is 0 Å². The van der Waals surface area contributed by atoms with Crippen molar-refractivity contribution in [2.45, 2.75) is 45.6 Å². The van der Waals surface area contributed by atoms with E-state index < -0.39 is 0 Å². The number of benzene rings is 1. The third kappa shape index (κ3) is 2.65. The highest BCUT2D eigenvalue weighted by Gasteiger charge is 2.46. The molecule has 0 saturated heterocycles. The van der Waals surface area contributed by atoms with Gasteiger partial charge in [0.25, 0.3) is 0 Å².